The Labute approximate surface area is 178 Å². The fraction of sp³-hybridized carbons (Fsp3) is 0.261. The molecule has 0 saturated heterocycles. The molecule has 2 aliphatic rings. The van der Waals surface area contributed by atoms with Crippen molar-refractivity contribution < 1.29 is 18.6 Å². The number of nitrogens with two attached hydrogens (primary N) is 1. The summed E-state index contributed by atoms with van der Waals surface area (Å²) < 4.78 is 31.3. The van der Waals surface area contributed by atoms with Crippen LogP contribution in [0, 0.1) is 0 Å². The molecular formula is C23H21FN4O3. The Morgan fingerprint density at radius 3 is 2.74 bits per heavy atom. The summed E-state index contributed by atoms with van der Waals surface area (Å²) in [4.78, 5) is 13.4. The van der Waals surface area contributed by atoms with E-state index in [9.17, 15) is 4.39 Å². The lowest BCUT2D eigenvalue weighted by Gasteiger charge is -2.33. The summed E-state index contributed by atoms with van der Waals surface area (Å²) in [5, 5.41) is 0. The quantitative estimate of drug-likeness (QED) is 0.687. The topological polar surface area (TPSA) is 91.9 Å². The first-order chi connectivity index (χ1) is 14.8. The number of ether oxygens (including phenoxy) is 3. The number of hydrogen-bond donors (Lipinski definition) is 1. The highest BCUT2D eigenvalue weighted by Gasteiger charge is 2.48. The number of benzene rings is 1. The number of alkyl halides is 1. The molecule has 1 atom stereocenters. The second kappa shape index (κ2) is 6.94. The number of hydrogen-bond acceptors (Lipinski definition) is 7. The van der Waals surface area contributed by atoms with Gasteiger partial charge in [-0.25, -0.2) is 14.4 Å². The summed E-state index contributed by atoms with van der Waals surface area (Å²) in [6, 6.07) is 11.2. The molecule has 0 fully saturated rings. The van der Waals surface area contributed by atoms with E-state index in [0.717, 1.165) is 22.3 Å². The van der Waals surface area contributed by atoms with Crippen molar-refractivity contribution in [2.75, 3.05) is 13.2 Å². The van der Waals surface area contributed by atoms with Crippen molar-refractivity contribution in [2.45, 2.75) is 25.1 Å². The van der Waals surface area contributed by atoms with Crippen LogP contribution in [0.5, 0.6) is 17.4 Å². The van der Waals surface area contributed by atoms with Gasteiger partial charge in [0, 0.05) is 35.3 Å². The average Bonchev–Trinajstić information content (AvgIpc) is 3.15. The number of halogens is 1. The third-order valence-electron chi connectivity index (χ3n) is 5.21. The van der Waals surface area contributed by atoms with Crippen LogP contribution in [0.2, 0.25) is 0 Å². The maximum absolute atomic E-state index is 13.9. The number of aliphatic imine (C=N–C) groups is 1. The first-order valence-corrected chi connectivity index (χ1v) is 9.87. The van der Waals surface area contributed by atoms with E-state index in [-0.39, 0.29) is 19.2 Å². The largest absolute Gasteiger partial charge is 0.490 e. The van der Waals surface area contributed by atoms with Crippen molar-refractivity contribution in [3.8, 4) is 28.5 Å². The molecule has 0 radical (unpaired) electrons. The fourth-order valence-corrected chi connectivity index (χ4v) is 3.74. The van der Waals surface area contributed by atoms with Gasteiger partial charge in [-0.1, -0.05) is 6.07 Å². The van der Waals surface area contributed by atoms with Crippen molar-refractivity contribution in [3.05, 3.63) is 66.1 Å². The highest BCUT2D eigenvalue weighted by molar-refractivity contribution is 5.77. The van der Waals surface area contributed by atoms with Gasteiger partial charge in [0.15, 0.2) is 5.54 Å². The predicted octanol–water partition coefficient (Wildman–Crippen LogP) is 3.96. The van der Waals surface area contributed by atoms with E-state index in [0.29, 0.717) is 17.4 Å². The maximum Gasteiger partial charge on any atom is 0.283 e. The molecule has 1 aromatic carbocycles. The van der Waals surface area contributed by atoms with Gasteiger partial charge in [0.1, 0.15) is 30.4 Å². The maximum atomic E-state index is 13.9. The van der Waals surface area contributed by atoms with Gasteiger partial charge >= 0.3 is 0 Å². The van der Waals surface area contributed by atoms with Crippen molar-refractivity contribution in [1.29, 1.82) is 0 Å². The Kier molecular flexibility index (Phi) is 4.32. The molecule has 4 heterocycles. The minimum atomic E-state index is -1.46. The van der Waals surface area contributed by atoms with Gasteiger partial charge in [0.25, 0.3) is 6.02 Å². The molecule has 8 heteroatoms. The van der Waals surface area contributed by atoms with E-state index in [4.69, 9.17) is 19.9 Å². The van der Waals surface area contributed by atoms with Gasteiger partial charge in [0.05, 0.1) is 5.56 Å². The highest BCUT2D eigenvalue weighted by atomic mass is 19.1. The molecule has 0 saturated carbocycles. The minimum absolute atomic E-state index is 0.0785. The summed E-state index contributed by atoms with van der Waals surface area (Å²) in [5.74, 6) is 1.51. The number of amidine groups is 1. The van der Waals surface area contributed by atoms with Crippen LogP contribution in [0.4, 0.5) is 4.39 Å². The molecule has 0 unspecified atom stereocenters. The zero-order valence-corrected chi connectivity index (χ0v) is 17.1. The predicted molar refractivity (Wildman–Crippen MR) is 113 cm³/mol. The van der Waals surface area contributed by atoms with E-state index in [1.165, 1.54) is 13.8 Å². The lowest BCUT2D eigenvalue weighted by molar-refractivity contribution is 0.120. The molecule has 2 aliphatic heterocycles. The van der Waals surface area contributed by atoms with Gasteiger partial charge in [-0.2, -0.15) is 0 Å². The van der Waals surface area contributed by atoms with Crippen molar-refractivity contribution in [1.82, 2.24) is 9.97 Å². The molecule has 3 aromatic rings. The van der Waals surface area contributed by atoms with E-state index in [1.807, 2.05) is 18.2 Å². The second-order valence-electron chi connectivity index (χ2n) is 8.18. The Morgan fingerprint density at radius 1 is 1.16 bits per heavy atom. The number of aromatic nitrogens is 2. The summed E-state index contributed by atoms with van der Waals surface area (Å²) in [7, 11) is 0. The normalized spacial score (nSPS) is 19.1. The second-order valence-corrected chi connectivity index (χ2v) is 8.18. The lowest BCUT2D eigenvalue weighted by atomic mass is 9.81. The van der Waals surface area contributed by atoms with Crippen LogP contribution in [0.25, 0.3) is 11.1 Å². The monoisotopic (exact) mass is 420 g/mol. The molecule has 31 heavy (non-hydrogen) atoms. The first-order valence-electron chi connectivity index (χ1n) is 9.87. The Balaban J connectivity index is 1.63. The molecule has 0 bridgehead atoms. The third-order valence-corrected chi connectivity index (χ3v) is 5.21. The fourth-order valence-electron chi connectivity index (χ4n) is 3.74. The van der Waals surface area contributed by atoms with Crippen molar-refractivity contribution in [2.24, 2.45) is 10.7 Å². The molecule has 158 valence electrons. The van der Waals surface area contributed by atoms with E-state index in [2.05, 4.69) is 15.0 Å². The zero-order chi connectivity index (χ0) is 21.6. The van der Waals surface area contributed by atoms with E-state index < -0.39 is 11.2 Å². The number of pyridine rings is 2. The van der Waals surface area contributed by atoms with Crippen LogP contribution in [0.3, 0.4) is 0 Å². The molecule has 0 amide bonds. The van der Waals surface area contributed by atoms with E-state index >= 15 is 0 Å². The smallest absolute Gasteiger partial charge is 0.283 e. The molecular weight excluding hydrogens is 399 g/mol. The van der Waals surface area contributed by atoms with Crippen LogP contribution in [-0.4, -0.2) is 34.9 Å². The van der Waals surface area contributed by atoms with E-state index in [1.54, 1.807) is 36.8 Å². The molecule has 7 nitrogen and oxygen atoms in total. The molecule has 1 spiro atoms. The number of nitrogens with zero attached hydrogens (tertiary/aromatic N) is 3. The summed E-state index contributed by atoms with van der Waals surface area (Å²) in [6.07, 6.45) is 5.21. The van der Waals surface area contributed by atoms with Gasteiger partial charge in [-0.3, -0.25) is 4.98 Å². The average molecular weight is 420 g/mol. The highest BCUT2D eigenvalue weighted by Crippen LogP contribution is 2.51. The Morgan fingerprint density at radius 2 is 2.03 bits per heavy atom. The van der Waals surface area contributed by atoms with Crippen molar-refractivity contribution >= 4 is 6.02 Å². The Bertz CT molecular complexity index is 1180. The van der Waals surface area contributed by atoms with Crippen LogP contribution >= 0.6 is 0 Å². The number of rotatable bonds is 4. The molecule has 0 aliphatic carbocycles. The summed E-state index contributed by atoms with van der Waals surface area (Å²) in [5.41, 5.74) is 6.76. The van der Waals surface area contributed by atoms with Crippen molar-refractivity contribution in [3.63, 3.8) is 0 Å². The van der Waals surface area contributed by atoms with Gasteiger partial charge in [-0.15, -0.1) is 0 Å². The lowest BCUT2D eigenvalue weighted by Crippen LogP contribution is -2.31. The SMILES string of the molecule is CC(C)(F)COc1ccc2c(c1)[C@]1(COC(N)=N1)c1cc(-c3cccnc3)cnc1O2. The van der Waals surface area contributed by atoms with Crippen LogP contribution in [0.15, 0.2) is 60.0 Å². The molecule has 2 N–H and O–H groups in total. The van der Waals surface area contributed by atoms with Gasteiger partial charge < -0.3 is 19.9 Å². The minimum Gasteiger partial charge on any atom is -0.490 e. The molecule has 2 aromatic heterocycles. The summed E-state index contributed by atoms with van der Waals surface area (Å²) >= 11 is 0. The zero-order valence-electron chi connectivity index (χ0n) is 17.1. The Hall–Kier alpha value is -3.68. The standard InChI is InChI=1S/C23H21FN4O3/c1-22(2,24)12-29-16-5-6-19-17(9-16)23(13-30-21(25)28-23)18-8-15(11-27-20(18)31-19)14-4-3-7-26-10-14/h3-11H,12-13H2,1-2H3,(H2,25,28)/t23-/m1/s1. The summed E-state index contributed by atoms with van der Waals surface area (Å²) in [6.45, 7) is 3.05. The van der Waals surface area contributed by atoms with Crippen LogP contribution in [0.1, 0.15) is 25.0 Å². The molecule has 5 rings (SSSR count). The number of fused-ring (bicyclic) bond motifs is 4. The van der Waals surface area contributed by atoms with Gasteiger partial charge in [0.2, 0.25) is 5.88 Å². The van der Waals surface area contributed by atoms with Crippen LogP contribution < -0.4 is 15.2 Å². The first kappa shape index (κ1) is 19.3. The van der Waals surface area contributed by atoms with Crippen LogP contribution in [-0.2, 0) is 10.3 Å². The van der Waals surface area contributed by atoms with Gasteiger partial charge in [-0.05, 0) is 44.2 Å². The third kappa shape index (κ3) is 3.43.